The Morgan fingerprint density at radius 1 is 1.50 bits per heavy atom. The number of rotatable bonds is 5. The van der Waals surface area contributed by atoms with Crippen LogP contribution < -0.4 is 4.74 Å². The molecule has 1 amide bonds. The number of para-hydroxylation sites is 1. The number of aryl methyl sites for hydroxylation is 1. The van der Waals surface area contributed by atoms with Crippen molar-refractivity contribution in [1.29, 1.82) is 0 Å². The minimum Gasteiger partial charge on any atom is -0.483 e. The molecular weight excluding hydrogens is 230 g/mol. The number of hydrogen-bond donors (Lipinski definition) is 1. The second kappa shape index (κ2) is 5.40. The summed E-state index contributed by atoms with van der Waals surface area (Å²) in [6.07, 6.45) is 2.18. The average Bonchev–Trinajstić information content (AvgIpc) is 3.20. The molecule has 1 aliphatic carbocycles. The Kier molecular flexibility index (Phi) is 3.87. The second-order valence-electron chi connectivity index (χ2n) is 4.75. The summed E-state index contributed by atoms with van der Waals surface area (Å²) in [7, 11) is 1.81. The molecule has 98 valence electrons. The number of nitrogens with zero attached hydrogens (tertiary/aromatic N) is 1. The highest BCUT2D eigenvalue weighted by Gasteiger charge is 2.29. The van der Waals surface area contributed by atoms with Crippen LogP contribution in [0, 0.1) is 6.92 Å². The van der Waals surface area contributed by atoms with Gasteiger partial charge in [0.15, 0.2) is 6.61 Å². The van der Waals surface area contributed by atoms with E-state index in [0.717, 1.165) is 24.0 Å². The van der Waals surface area contributed by atoms with Crippen molar-refractivity contribution in [2.24, 2.45) is 0 Å². The Labute approximate surface area is 107 Å². The number of hydrogen-bond acceptors (Lipinski definition) is 3. The molecule has 0 aliphatic heterocycles. The van der Waals surface area contributed by atoms with E-state index in [9.17, 15) is 9.90 Å². The van der Waals surface area contributed by atoms with E-state index < -0.39 is 0 Å². The molecule has 1 aromatic rings. The molecule has 1 N–H and O–H groups in total. The lowest BCUT2D eigenvalue weighted by molar-refractivity contribution is -0.132. The molecule has 0 atom stereocenters. The molecule has 0 saturated heterocycles. The average molecular weight is 249 g/mol. The van der Waals surface area contributed by atoms with Gasteiger partial charge < -0.3 is 14.7 Å². The van der Waals surface area contributed by atoms with E-state index in [2.05, 4.69) is 0 Å². The van der Waals surface area contributed by atoms with Crippen molar-refractivity contribution in [3.8, 4) is 5.75 Å². The Bertz CT molecular complexity index is 441. The number of aliphatic hydroxyl groups is 1. The van der Waals surface area contributed by atoms with Gasteiger partial charge in [0.2, 0.25) is 0 Å². The molecule has 0 heterocycles. The zero-order valence-corrected chi connectivity index (χ0v) is 10.8. The Balaban J connectivity index is 1.99. The molecule has 4 heteroatoms. The quantitative estimate of drug-likeness (QED) is 0.860. The van der Waals surface area contributed by atoms with Crippen molar-refractivity contribution in [3.05, 3.63) is 29.3 Å². The van der Waals surface area contributed by atoms with Crippen LogP contribution in [0.4, 0.5) is 0 Å². The zero-order valence-electron chi connectivity index (χ0n) is 10.8. The summed E-state index contributed by atoms with van der Waals surface area (Å²) in [6, 6.07) is 5.97. The summed E-state index contributed by atoms with van der Waals surface area (Å²) in [6.45, 7) is 1.86. The van der Waals surface area contributed by atoms with Crippen LogP contribution in [0.3, 0.4) is 0 Å². The third kappa shape index (κ3) is 2.82. The molecule has 0 spiro atoms. The maximum absolute atomic E-state index is 11.8. The van der Waals surface area contributed by atoms with Gasteiger partial charge in [0.1, 0.15) is 5.75 Å². The van der Waals surface area contributed by atoms with Crippen LogP contribution in [0.2, 0.25) is 0 Å². The molecule has 0 bridgehead atoms. The highest BCUT2D eigenvalue weighted by molar-refractivity contribution is 5.78. The monoisotopic (exact) mass is 249 g/mol. The van der Waals surface area contributed by atoms with Crippen molar-refractivity contribution >= 4 is 5.91 Å². The normalized spacial score (nSPS) is 14.4. The SMILES string of the molecule is Cc1cccc(CO)c1OCC(=O)N(C)C1CC1. The van der Waals surface area contributed by atoms with Crippen LogP contribution in [0.25, 0.3) is 0 Å². The predicted molar refractivity (Wildman–Crippen MR) is 68.4 cm³/mol. The van der Waals surface area contributed by atoms with E-state index in [1.807, 2.05) is 26.1 Å². The van der Waals surface area contributed by atoms with Crippen molar-refractivity contribution in [1.82, 2.24) is 4.90 Å². The molecule has 2 rings (SSSR count). The van der Waals surface area contributed by atoms with E-state index >= 15 is 0 Å². The third-order valence-corrected chi connectivity index (χ3v) is 3.29. The Morgan fingerprint density at radius 3 is 2.83 bits per heavy atom. The summed E-state index contributed by atoms with van der Waals surface area (Å²) in [5, 5.41) is 9.24. The van der Waals surface area contributed by atoms with Gasteiger partial charge in [-0.05, 0) is 25.3 Å². The first-order valence-corrected chi connectivity index (χ1v) is 6.21. The van der Waals surface area contributed by atoms with Gasteiger partial charge in [-0.3, -0.25) is 4.79 Å². The predicted octanol–water partition coefficient (Wildman–Crippen LogP) is 1.49. The molecule has 0 unspecified atom stereocenters. The maximum Gasteiger partial charge on any atom is 0.260 e. The minimum atomic E-state index is -0.0797. The number of benzene rings is 1. The van der Waals surface area contributed by atoms with Crippen LogP contribution in [-0.2, 0) is 11.4 Å². The summed E-state index contributed by atoms with van der Waals surface area (Å²) < 4.78 is 5.57. The summed E-state index contributed by atoms with van der Waals surface area (Å²) in [4.78, 5) is 13.6. The van der Waals surface area contributed by atoms with Gasteiger partial charge in [-0.2, -0.15) is 0 Å². The van der Waals surface area contributed by atoms with Gasteiger partial charge >= 0.3 is 0 Å². The minimum absolute atomic E-state index is 0.00959. The van der Waals surface area contributed by atoms with Gasteiger partial charge in [0.05, 0.1) is 6.61 Å². The second-order valence-corrected chi connectivity index (χ2v) is 4.75. The van der Waals surface area contributed by atoms with Gasteiger partial charge in [-0.15, -0.1) is 0 Å². The molecule has 18 heavy (non-hydrogen) atoms. The van der Waals surface area contributed by atoms with Gasteiger partial charge in [-0.25, -0.2) is 0 Å². The topological polar surface area (TPSA) is 49.8 Å². The third-order valence-electron chi connectivity index (χ3n) is 3.29. The first-order chi connectivity index (χ1) is 8.63. The van der Waals surface area contributed by atoms with Crippen molar-refractivity contribution < 1.29 is 14.6 Å². The number of amides is 1. The number of likely N-dealkylation sites (N-methyl/N-ethyl adjacent to an activating group) is 1. The molecule has 1 saturated carbocycles. The molecule has 4 nitrogen and oxygen atoms in total. The molecule has 0 aromatic heterocycles. The van der Waals surface area contributed by atoms with Crippen LogP contribution >= 0.6 is 0 Å². The summed E-state index contributed by atoms with van der Waals surface area (Å²) in [5.41, 5.74) is 1.65. The first kappa shape index (κ1) is 12.9. The number of carbonyl (C=O) groups is 1. The lowest BCUT2D eigenvalue weighted by Gasteiger charge is -2.18. The first-order valence-electron chi connectivity index (χ1n) is 6.21. The van der Waals surface area contributed by atoms with Crippen molar-refractivity contribution in [3.63, 3.8) is 0 Å². The fourth-order valence-corrected chi connectivity index (χ4v) is 1.95. The van der Waals surface area contributed by atoms with Crippen LogP contribution in [-0.4, -0.2) is 35.6 Å². The lowest BCUT2D eigenvalue weighted by Crippen LogP contribution is -2.33. The van der Waals surface area contributed by atoms with Gasteiger partial charge in [0.25, 0.3) is 5.91 Å². The van der Waals surface area contributed by atoms with Crippen LogP contribution in [0.5, 0.6) is 5.75 Å². The van der Waals surface area contributed by atoms with Gasteiger partial charge in [0, 0.05) is 18.7 Å². The number of aliphatic hydroxyl groups excluding tert-OH is 1. The van der Waals surface area contributed by atoms with Crippen molar-refractivity contribution in [2.75, 3.05) is 13.7 Å². The molecule has 1 aromatic carbocycles. The lowest BCUT2D eigenvalue weighted by atomic mass is 10.1. The molecule has 1 aliphatic rings. The standard InChI is InChI=1S/C14H19NO3/c1-10-4-3-5-11(8-16)14(10)18-9-13(17)15(2)12-6-7-12/h3-5,12,16H,6-9H2,1-2H3. The molecular formula is C14H19NO3. The van der Waals surface area contributed by atoms with E-state index in [0.29, 0.717) is 11.8 Å². The van der Waals surface area contributed by atoms with Crippen LogP contribution in [0.15, 0.2) is 18.2 Å². The number of carbonyl (C=O) groups excluding carboxylic acids is 1. The number of ether oxygens (including phenoxy) is 1. The van der Waals surface area contributed by atoms with E-state index in [1.165, 1.54) is 0 Å². The highest BCUT2D eigenvalue weighted by Crippen LogP contribution is 2.26. The van der Waals surface area contributed by atoms with E-state index in [-0.39, 0.29) is 19.1 Å². The molecule has 0 radical (unpaired) electrons. The smallest absolute Gasteiger partial charge is 0.260 e. The van der Waals surface area contributed by atoms with E-state index in [4.69, 9.17) is 4.74 Å². The largest absolute Gasteiger partial charge is 0.483 e. The fourth-order valence-electron chi connectivity index (χ4n) is 1.95. The Morgan fingerprint density at radius 2 is 2.22 bits per heavy atom. The van der Waals surface area contributed by atoms with Gasteiger partial charge in [-0.1, -0.05) is 18.2 Å². The van der Waals surface area contributed by atoms with Crippen LogP contribution in [0.1, 0.15) is 24.0 Å². The molecule has 1 fully saturated rings. The zero-order chi connectivity index (χ0) is 13.1. The highest BCUT2D eigenvalue weighted by atomic mass is 16.5. The Hall–Kier alpha value is -1.55. The maximum atomic E-state index is 11.8. The van der Waals surface area contributed by atoms with E-state index in [1.54, 1.807) is 11.0 Å². The van der Waals surface area contributed by atoms with Crippen molar-refractivity contribution in [2.45, 2.75) is 32.4 Å². The summed E-state index contributed by atoms with van der Waals surface area (Å²) >= 11 is 0. The fraction of sp³-hybridized carbons (Fsp3) is 0.500. The summed E-state index contributed by atoms with van der Waals surface area (Å²) in [5.74, 6) is 0.613.